The number of aromatic nitrogens is 2. The van der Waals surface area contributed by atoms with Crippen molar-refractivity contribution in [2.75, 3.05) is 0 Å². The van der Waals surface area contributed by atoms with Crippen LogP contribution in [-0.2, 0) is 11.3 Å². The van der Waals surface area contributed by atoms with E-state index in [-0.39, 0.29) is 11.6 Å². The molecule has 2 aromatic heterocycles. The number of fused-ring (bicyclic) bond motifs is 1. The molecule has 0 atom stereocenters. The first-order valence-electron chi connectivity index (χ1n) is 10.8. The minimum atomic E-state index is -0.190. The lowest BCUT2D eigenvalue weighted by molar-refractivity contribution is -0.131. The van der Waals surface area contributed by atoms with Gasteiger partial charge in [-0.25, -0.2) is 4.79 Å². The Morgan fingerprint density at radius 1 is 1.19 bits per heavy atom. The number of esters is 1. The van der Waals surface area contributed by atoms with E-state index in [9.17, 15) is 4.79 Å². The Labute approximate surface area is 161 Å². The predicted molar refractivity (Wildman–Crippen MR) is 106 cm³/mol. The first kappa shape index (κ1) is 17.3. The van der Waals surface area contributed by atoms with Crippen LogP contribution in [0.25, 0.3) is 10.9 Å². The molecule has 0 unspecified atom stereocenters. The van der Waals surface area contributed by atoms with Gasteiger partial charge in [0.25, 0.3) is 0 Å². The average molecular weight is 367 g/mol. The van der Waals surface area contributed by atoms with Gasteiger partial charge in [-0.3, -0.25) is 4.98 Å². The molecule has 4 fully saturated rings. The topological polar surface area (TPSA) is 44.1 Å². The molecule has 4 aliphatic carbocycles. The molecule has 2 aromatic rings. The van der Waals surface area contributed by atoms with Crippen molar-refractivity contribution in [2.24, 2.45) is 17.8 Å². The number of unbranched alkanes of at least 4 members (excludes halogenated alkanes) is 2. The Hall–Kier alpha value is -1.84. The van der Waals surface area contributed by atoms with Crippen molar-refractivity contribution in [1.82, 2.24) is 9.55 Å². The number of pyridine rings is 1. The summed E-state index contributed by atoms with van der Waals surface area (Å²) in [6.07, 6.45) is 16.5. The zero-order valence-electron chi connectivity index (χ0n) is 16.3. The standard InChI is InChI=1S/C23H30N2O2/c1-2-3-4-7-25-15-20(19-14-24-6-5-21(19)25)22(26)27-23-11-16-8-17(12-23)10-18(9-16)13-23/h5-6,14-18H,2-4,7-13H2,1H3. The van der Waals surface area contributed by atoms with E-state index in [4.69, 9.17) is 4.74 Å². The highest BCUT2D eigenvalue weighted by atomic mass is 16.6. The summed E-state index contributed by atoms with van der Waals surface area (Å²) in [5.41, 5.74) is 1.61. The van der Waals surface area contributed by atoms with Crippen molar-refractivity contribution < 1.29 is 9.53 Å². The summed E-state index contributed by atoms with van der Waals surface area (Å²) in [6, 6.07) is 2.02. The molecule has 0 N–H and O–H groups in total. The summed E-state index contributed by atoms with van der Waals surface area (Å²) in [4.78, 5) is 17.5. The van der Waals surface area contributed by atoms with Crippen LogP contribution < -0.4 is 0 Å². The molecule has 4 aliphatic rings. The molecule has 0 spiro atoms. The van der Waals surface area contributed by atoms with Gasteiger partial charge in [-0.05, 0) is 68.8 Å². The van der Waals surface area contributed by atoms with Crippen molar-refractivity contribution in [1.29, 1.82) is 0 Å². The van der Waals surface area contributed by atoms with Crippen LogP contribution in [0.4, 0.5) is 0 Å². The van der Waals surface area contributed by atoms with Gasteiger partial charge in [0.2, 0.25) is 0 Å². The van der Waals surface area contributed by atoms with Gasteiger partial charge in [0, 0.05) is 30.5 Å². The van der Waals surface area contributed by atoms with Gasteiger partial charge in [-0.15, -0.1) is 0 Å². The molecule has 4 saturated carbocycles. The lowest BCUT2D eigenvalue weighted by atomic mass is 9.54. The van der Waals surface area contributed by atoms with E-state index in [0.717, 1.165) is 60.9 Å². The summed E-state index contributed by atoms with van der Waals surface area (Å²) in [6.45, 7) is 3.16. The molecule has 0 aromatic carbocycles. The fourth-order valence-electron chi connectivity index (χ4n) is 6.43. The molecular weight excluding hydrogens is 336 g/mol. The summed E-state index contributed by atoms with van der Waals surface area (Å²) in [5, 5.41) is 0.934. The Balaban J connectivity index is 1.41. The van der Waals surface area contributed by atoms with Gasteiger partial charge in [0.1, 0.15) is 5.60 Å². The molecule has 0 saturated heterocycles. The Bertz CT molecular complexity index is 818. The lowest BCUT2D eigenvalue weighted by Gasteiger charge is -2.55. The number of hydrogen-bond donors (Lipinski definition) is 0. The maximum absolute atomic E-state index is 13.2. The van der Waals surface area contributed by atoms with E-state index in [1.165, 1.54) is 32.1 Å². The van der Waals surface area contributed by atoms with Gasteiger partial charge in [0.05, 0.1) is 11.1 Å². The van der Waals surface area contributed by atoms with E-state index < -0.39 is 0 Å². The minimum Gasteiger partial charge on any atom is -0.455 e. The van der Waals surface area contributed by atoms with Crippen LogP contribution in [0.5, 0.6) is 0 Å². The third-order valence-corrected chi connectivity index (χ3v) is 7.20. The number of nitrogens with zero attached hydrogens (tertiary/aromatic N) is 2. The summed E-state index contributed by atoms with van der Waals surface area (Å²) < 4.78 is 8.51. The van der Waals surface area contributed by atoms with E-state index in [0.29, 0.717) is 5.56 Å². The van der Waals surface area contributed by atoms with Crippen molar-refractivity contribution >= 4 is 16.9 Å². The molecule has 2 heterocycles. The number of carbonyl (C=O) groups is 1. The second-order valence-electron chi connectivity index (χ2n) is 9.33. The minimum absolute atomic E-state index is 0.135. The second kappa shape index (κ2) is 6.65. The number of aryl methyl sites for hydroxylation is 1. The SMILES string of the molecule is CCCCCn1cc(C(=O)OC23CC4CC(CC(C4)C2)C3)c2cnccc21. The molecular formula is C23H30N2O2. The number of ether oxygens (including phenoxy) is 1. The Kier molecular flexibility index (Phi) is 4.25. The molecule has 4 heteroatoms. The van der Waals surface area contributed by atoms with E-state index in [1.807, 2.05) is 24.7 Å². The van der Waals surface area contributed by atoms with E-state index in [2.05, 4.69) is 16.5 Å². The van der Waals surface area contributed by atoms with Crippen LogP contribution in [-0.4, -0.2) is 21.1 Å². The van der Waals surface area contributed by atoms with Crippen molar-refractivity contribution in [3.05, 3.63) is 30.2 Å². The third kappa shape index (κ3) is 3.07. The monoisotopic (exact) mass is 366 g/mol. The molecule has 4 nitrogen and oxygen atoms in total. The maximum atomic E-state index is 13.2. The fraction of sp³-hybridized carbons (Fsp3) is 0.652. The average Bonchev–Trinajstić information content (AvgIpc) is 3.00. The highest BCUT2D eigenvalue weighted by molar-refractivity contribution is 6.04. The molecule has 0 amide bonds. The van der Waals surface area contributed by atoms with Gasteiger partial charge >= 0.3 is 5.97 Å². The second-order valence-corrected chi connectivity index (χ2v) is 9.33. The number of carbonyl (C=O) groups excluding carboxylic acids is 1. The number of rotatable bonds is 6. The highest BCUT2D eigenvalue weighted by Gasteiger charge is 2.53. The van der Waals surface area contributed by atoms with Gasteiger partial charge in [-0.2, -0.15) is 0 Å². The normalized spacial score (nSPS) is 31.5. The Morgan fingerprint density at radius 3 is 2.56 bits per heavy atom. The highest BCUT2D eigenvalue weighted by Crippen LogP contribution is 2.57. The largest absolute Gasteiger partial charge is 0.455 e. The van der Waals surface area contributed by atoms with E-state index in [1.54, 1.807) is 0 Å². The van der Waals surface area contributed by atoms with Crippen molar-refractivity contribution in [3.63, 3.8) is 0 Å². The van der Waals surface area contributed by atoms with Crippen LogP contribution >= 0.6 is 0 Å². The van der Waals surface area contributed by atoms with Crippen LogP contribution in [0.15, 0.2) is 24.7 Å². The summed E-state index contributed by atoms with van der Waals surface area (Å²) in [7, 11) is 0. The van der Waals surface area contributed by atoms with Crippen LogP contribution in [0, 0.1) is 17.8 Å². The predicted octanol–water partition coefficient (Wildman–Crippen LogP) is 5.35. The molecule has 4 bridgehead atoms. The third-order valence-electron chi connectivity index (χ3n) is 7.20. The van der Waals surface area contributed by atoms with Crippen LogP contribution in [0.3, 0.4) is 0 Å². The fourth-order valence-corrected chi connectivity index (χ4v) is 6.43. The first-order valence-corrected chi connectivity index (χ1v) is 10.8. The zero-order valence-corrected chi connectivity index (χ0v) is 16.3. The van der Waals surface area contributed by atoms with Gasteiger partial charge in [-0.1, -0.05) is 19.8 Å². The van der Waals surface area contributed by atoms with E-state index >= 15 is 0 Å². The maximum Gasteiger partial charge on any atom is 0.340 e. The van der Waals surface area contributed by atoms with Crippen LogP contribution in [0.2, 0.25) is 0 Å². The molecule has 144 valence electrons. The summed E-state index contributed by atoms with van der Waals surface area (Å²) >= 11 is 0. The Morgan fingerprint density at radius 2 is 1.89 bits per heavy atom. The molecule has 0 radical (unpaired) electrons. The number of hydrogen-bond acceptors (Lipinski definition) is 3. The quantitative estimate of drug-likeness (QED) is 0.511. The lowest BCUT2D eigenvalue weighted by Crippen LogP contribution is -2.52. The first-order chi connectivity index (χ1) is 13.2. The van der Waals surface area contributed by atoms with Gasteiger partial charge < -0.3 is 9.30 Å². The van der Waals surface area contributed by atoms with Gasteiger partial charge in [0.15, 0.2) is 0 Å². The molecule has 27 heavy (non-hydrogen) atoms. The molecule has 6 rings (SSSR count). The van der Waals surface area contributed by atoms with Crippen LogP contribution in [0.1, 0.15) is 75.1 Å². The summed E-state index contributed by atoms with van der Waals surface area (Å²) in [5.74, 6) is 2.20. The van der Waals surface area contributed by atoms with Crippen molar-refractivity contribution in [2.45, 2.75) is 76.9 Å². The zero-order chi connectivity index (χ0) is 18.4. The van der Waals surface area contributed by atoms with Crippen molar-refractivity contribution in [3.8, 4) is 0 Å². The molecule has 0 aliphatic heterocycles. The smallest absolute Gasteiger partial charge is 0.340 e.